The fourth-order valence-corrected chi connectivity index (χ4v) is 2.27. The molecule has 0 fully saturated rings. The maximum absolute atomic E-state index is 11.1. The van der Waals surface area contributed by atoms with Gasteiger partial charge in [0.25, 0.3) is 5.91 Å². The monoisotopic (exact) mass is 308 g/mol. The average molecular weight is 308 g/mol. The van der Waals surface area contributed by atoms with E-state index in [2.05, 4.69) is 15.3 Å². The van der Waals surface area contributed by atoms with Gasteiger partial charge in [-0.25, -0.2) is 10.5 Å². The highest BCUT2D eigenvalue weighted by Crippen LogP contribution is 2.18. The lowest BCUT2D eigenvalue weighted by atomic mass is 10.1. The van der Waals surface area contributed by atoms with Gasteiger partial charge in [-0.2, -0.15) is 0 Å². The summed E-state index contributed by atoms with van der Waals surface area (Å²) in [6, 6.07) is 15.4. The highest BCUT2D eigenvalue weighted by atomic mass is 16.5. The predicted molar refractivity (Wildman–Crippen MR) is 88.8 cm³/mol. The number of fused-ring (bicyclic) bond motifs is 1. The molecule has 0 aliphatic heterocycles. The topological polar surface area (TPSA) is 90.0 Å². The maximum atomic E-state index is 11.1. The Kier molecular flexibility index (Phi) is 4.35. The lowest BCUT2D eigenvalue weighted by Gasteiger charge is -2.08. The molecule has 0 saturated carbocycles. The Morgan fingerprint density at radius 1 is 1.17 bits per heavy atom. The van der Waals surface area contributed by atoms with E-state index in [1.54, 1.807) is 11.6 Å². The highest BCUT2D eigenvalue weighted by molar-refractivity contribution is 5.91. The Labute approximate surface area is 132 Å². The number of hydroxylamine groups is 1. The van der Waals surface area contributed by atoms with E-state index in [1.807, 2.05) is 48.5 Å². The first-order valence-electron chi connectivity index (χ1n) is 7.15. The van der Waals surface area contributed by atoms with Crippen LogP contribution in [0.3, 0.4) is 0 Å². The van der Waals surface area contributed by atoms with Crippen LogP contribution in [0.5, 0.6) is 0 Å². The normalized spacial score (nSPS) is 11.0. The molecule has 0 unspecified atom stereocenters. The summed E-state index contributed by atoms with van der Waals surface area (Å²) >= 11 is 0. The van der Waals surface area contributed by atoms with Crippen molar-refractivity contribution in [3.8, 4) is 0 Å². The molecule has 0 bridgehead atoms. The molecule has 3 aromatic rings. The summed E-state index contributed by atoms with van der Waals surface area (Å²) < 4.78 is 0. The minimum Gasteiger partial charge on any atom is -0.377 e. The zero-order chi connectivity index (χ0) is 16.1. The van der Waals surface area contributed by atoms with Gasteiger partial charge in [0.1, 0.15) is 5.82 Å². The molecule has 116 valence electrons. The van der Waals surface area contributed by atoms with Crippen molar-refractivity contribution in [3.05, 3.63) is 66.0 Å². The molecule has 0 aliphatic rings. The third-order valence-electron chi connectivity index (χ3n) is 3.37. The Morgan fingerprint density at radius 3 is 2.78 bits per heavy atom. The van der Waals surface area contributed by atoms with Crippen molar-refractivity contribution in [3.63, 3.8) is 0 Å². The number of nitrogens with one attached hydrogen (secondary N) is 3. The largest absolute Gasteiger partial charge is 0.377 e. The number of benzene rings is 2. The number of para-hydroxylation sites is 3. The van der Waals surface area contributed by atoms with Crippen LogP contribution >= 0.6 is 0 Å². The third-order valence-corrected chi connectivity index (χ3v) is 3.37. The summed E-state index contributed by atoms with van der Waals surface area (Å²) in [5, 5.41) is 11.8. The van der Waals surface area contributed by atoms with Crippen molar-refractivity contribution in [2.24, 2.45) is 0 Å². The van der Waals surface area contributed by atoms with Gasteiger partial charge in [-0.3, -0.25) is 10.0 Å². The molecule has 3 rings (SSSR count). The zero-order valence-electron chi connectivity index (χ0n) is 12.3. The van der Waals surface area contributed by atoms with Crippen molar-refractivity contribution >= 4 is 28.7 Å². The zero-order valence-corrected chi connectivity index (χ0v) is 12.3. The van der Waals surface area contributed by atoms with Gasteiger partial charge in [-0.05, 0) is 29.8 Å². The molecule has 0 atom stereocenters. The van der Waals surface area contributed by atoms with Crippen molar-refractivity contribution in [2.75, 3.05) is 5.32 Å². The second-order valence-corrected chi connectivity index (χ2v) is 4.95. The van der Waals surface area contributed by atoms with Crippen molar-refractivity contribution in [2.45, 2.75) is 6.54 Å². The third kappa shape index (κ3) is 3.56. The van der Waals surface area contributed by atoms with E-state index in [-0.39, 0.29) is 0 Å². The first kappa shape index (κ1) is 14.8. The van der Waals surface area contributed by atoms with E-state index in [1.165, 1.54) is 6.08 Å². The van der Waals surface area contributed by atoms with Crippen LogP contribution in [0.25, 0.3) is 17.1 Å². The van der Waals surface area contributed by atoms with Crippen LogP contribution in [0.15, 0.2) is 54.6 Å². The van der Waals surface area contributed by atoms with E-state index >= 15 is 0 Å². The number of aromatic amines is 1. The van der Waals surface area contributed by atoms with Crippen LogP contribution in [0.2, 0.25) is 0 Å². The molecule has 0 radical (unpaired) electrons. The molecule has 6 nitrogen and oxygen atoms in total. The number of imidazole rings is 1. The summed E-state index contributed by atoms with van der Waals surface area (Å²) in [5.74, 6) is 0.259. The van der Waals surface area contributed by atoms with Crippen LogP contribution in [-0.4, -0.2) is 21.1 Å². The first-order valence-corrected chi connectivity index (χ1v) is 7.15. The first-order chi connectivity index (χ1) is 11.3. The Hall–Kier alpha value is -3.12. The number of amides is 1. The number of H-pyrrole nitrogens is 1. The summed E-state index contributed by atoms with van der Waals surface area (Å²) in [4.78, 5) is 18.9. The lowest BCUT2D eigenvalue weighted by molar-refractivity contribution is -0.124. The minimum atomic E-state index is -0.572. The van der Waals surface area contributed by atoms with Gasteiger partial charge in [0.2, 0.25) is 0 Å². The Balaban J connectivity index is 1.75. The lowest BCUT2D eigenvalue weighted by Crippen LogP contribution is -2.14. The summed E-state index contributed by atoms with van der Waals surface area (Å²) in [6.45, 7) is 0.533. The van der Waals surface area contributed by atoms with E-state index in [4.69, 9.17) is 5.21 Å². The maximum Gasteiger partial charge on any atom is 0.267 e. The van der Waals surface area contributed by atoms with E-state index in [0.29, 0.717) is 6.54 Å². The molecule has 1 aromatic heterocycles. The Morgan fingerprint density at radius 2 is 1.96 bits per heavy atom. The summed E-state index contributed by atoms with van der Waals surface area (Å²) in [6.07, 6.45) is 2.90. The van der Waals surface area contributed by atoms with E-state index in [0.717, 1.165) is 28.1 Å². The number of nitrogens with zero attached hydrogens (tertiary/aromatic N) is 1. The summed E-state index contributed by atoms with van der Waals surface area (Å²) in [7, 11) is 0. The summed E-state index contributed by atoms with van der Waals surface area (Å²) in [5.41, 5.74) is 5.20. The van der Waals surface area contributed by atoms with Crippen molar-refractivity contribution in [1.82, 2.24) is 15.4 Å². The number of carbonyl (C=O) groups is 1. The smallest absolute Gasteiger partial charge is 0.267 e. The number of rotatable bonds is 5. The molecule has 0 saturated heterocycles. The van der Waals surface area contributed by atoms with Gasteiger partial charge in [0.15, 0.2) is 0 Å². The number of carbonyl (C=O) groups excluding carboxylic acids is 1. The highest BCUT2D eigenvalue weighted by Gasteiger charge is 2.03. The van der Waals surface area contributed by atoms with E-state index in [9.17, 15) is 4.79 Å². The molecular formula is C17H16N4O2. The number of hydrogen-bond acceptors (Lipinski definition) is 4. The van der Waals surface area contributed by atoms with Crippen LogP contribution < -0.4 is 10.8 Å². The molecule has 4 N–H and O–H groups in total. The minimum absolute atomic E-state index is 0.533. The molecule has 23 heavy (non-hydrogen) atoms. The van der Waals surface area contributed by atoms with Crippen LogP contribution in [-0.2, 0) is 11.3 Å². The van der Waals surface area contributed by atoms with Gasteiger partial charge in [-0.1, -0.05) is 30.3 Å². The molecule has 2 aromatic carbocycles. The predicted octanol–water partition coefficient (Wildman–Crippen LogP) is 2.69. The van der Waals surface area contributed by atoms with Crippen molar-refractivity contribution in [1.29, 1.82) is 0 Å². The van der Waals surface area contributed by atoms with Crippen LogP contribution in [0, 0.1) is 0 Å². The van der Waals surface area contributed by atoms with Gasteiger partial charge in [0.05, 0.1) is 17.6 Å². The van der Waals surface area contributed by atoms with Gasteiger partial charge >= 0.3 is 0 Å². The molecule has 0 spiro atoms. The quantitative estimate of drug-likeness (QED) is 0.331. The average Bonchev–Trinajstić information content (AvgIpc) is 3.01. The van der Waals surface area contributed by atoms with Gasteiger partial charge in [0, 0.05) is 11.8 Å². The Bertz CT molecular complexity index is 821. The number of aromatic nitrogens is 2. The standard InChI is InChI=1S/C17H16N4O2/c22-17(21-23)10-9-12-5-1-2-6-13(12)18-11-16-19-14-7-3-4-8-15(14)20-16/h1-10,18,23H,11H2,(H,19,20)(H,21,22)/b10-9+. The molecular weight excluding hydrogens is 292 g/mol. The van der Waals surface area contributed by atoms with Crippen LogP contribution in [0.1, 0.15) is 11.4 Å². The molecule has 1 amide bonds. The molecule has 0 aliphatic carbocycles. The fraction of sp³-hybridized carbons (Fsp3) is 0.0588. The van der Waals surface area contributed by atoms with Crippen LogP contribution in [0.4, 0.5) is 5.69 Å². The second kappa shape index (κ2) is 6.76. The van der Waals surface area contributed by atoms with E-state index < -0.39 is 5.91 Å². The SMILES string of the molecule is O=C(/C=C/c1ccccc1NCc1nc2ccccc2[nH]1)NO. The molecule has 6 heteroatoms. The van der Waals surface area contributed by atoms with Crippen molar-refractivity contribution < 1.29 is 10.0 Å². The fourth-order valence-electron chi connectivity index (χ4n) is 2.27. The van der Waals surface area contributed by atoms with Gasteiger partial charge < -0.3 is 10.3 Å². The van der Waals surface area contributed by atoms with Gasteiger partial charge in [-0.15, -0.1) is 0 Å². The number of anilines is 1. The second-order valence-electron chi connectivity index (χ2n) is 4.95. The molecule has 1 heterocycles. The number of hydrogen-bond donors (Lipinski definition) is 4.